The van der Waals surface area contributed by atoms with Crippen LogP contribution in [0.25, 0.3) is 0 Å². The molecule has 2 rings (SSSR count). The minimum atomic E-state index is -1.04. The molecule has 0 aliphatic heterocycles. The molecule has 2 N–H and O–H groups in total. The average Bonchev–Trinajstić information content (AvgIpc) is 2.96. The Morgan fingerprint density at radius 1 is 1.28 bits per heavy atom. The van der Waals surface area contributed by atoms with E-state index in [9.17, 15) is 9.59 Å². The zero-order valence-electron chi connectivity index (χ0n) is 14.7. The molecule has 0 unspecified atom stereocenters. The molecule has 0 atom stereocenters. The van der Waals surface area contributed by atoms with E-state index in [2.05, 4.69) is 24.3 Å². The molecule has 0 spiro atoms. The van der Waals surface area contributed by atoms with E-state index >= 15 is 0 Å². The van der Waals surface area contributed by atoms with Crippen molar-refractivity contribution in [2.45, 2.75) is 33.7 Å². The van der Waals surface area contributed by atoms with Crippen molar-refractivity contribution in [1.82, 2.24) is 9.78 Å². The summed E-state index contributed by atoms with van der Waals surface area (Å²) >= 11 is 0. The third-order valence-electron chi connectivity index (χ3n) is 3.54. The molecule has 0 saturated heterocycles. The monoisotopic (exact) mass is 345 g/mol. The third kappa shape index (κ3) is 5.07. The number of nitrogens with zero attached hydrogens (tertiary/aromatic N) is 2. The number of nitrogens with one attached hydrogen (secondary N) is 1. The molecule has 0 bridgehead atoms. The smallest absolute Gasteiger partial charge is 0.341 e. The van der Waals surface area contributed by atoms with Gasteiger partial charge in [-0.05, 0) is 36.6 Å². The van der Waals surface area contributed by atoms with Crippen LogP contribution in [0.15, 0.2) is 30.5 Å². The molecule has 134 valence electrons. The van der Waals surface area contributed by atoms with Crippen LogP contribution in [-0.4, -0.2) is 33.4 Å². The Morgan fingerprint density at radius 2 is 1.96 bits per heavy atom. The van der Waals surface area contributed by atoms with Gasteiger partial charge in [-0.25, -0.2) is 4.79 Å². The van der Waals surface area contributed by atoms with Crippen LogP contribution in [0.1, 0.15) is 36.8 Å². The fourth-order valence-electron chi connectivity index (χ4n) is 2.45. The molecule has 25 heavy (non-hydrogen) atoms. The summed E-state index contributed by atoms with van der Waals surface area (Å²) in [6, 6.07) is 6.56. The maximum Gasteiger partial charge on any atom is 0.341 e. The lowest BCUT2D eigenvalue weighted by Gasteiger charge is -2.10. The van der Waals surface area contributed by atoms with Crippen LogP contribution in [0, 0.1) is 5.92 Å². The minimum absolute atomic E-state index is 0.217. The summed E-state index contributed by atoms with van der Waals surface area (Å²) in [5, 5.41) is 15.7. The van der Waals surface area contributed by atoms with Crippen LogP contribution in [0.3, 0.4) is 0 Å². The Bertz CT molecular complexity index is 735. The minimum Gasteiger partial charge on any atom is -0.482 e. The summed E-state index contributed by atoms with van der Waals surface area (Å²) in [4.78, 5) is 23.0. The van der Waals surface area contributed by atoms with Crippen molar-refractivity contribution in [1.29, 1.82) is 0 Å². The van der Waals surface area contributed by atoms with Crippen LogP contribution in [0.5, 0.6) is 5.75 Å². The van der Waals surface area contributed by atoms with Crippen molar-refractivity contribution in [3.63, 3.8) is 0 Å². The molecule has 1 amide bonds. The van der Waals surface area contributed by atoms with Gasteiger partial charge in [0.15, 0.2) is 6.61 Å². The largest absolute Gasteiger partial charge is 0.482 e. The van der Waals surface area contributed by atoms with E-state index in [1.807, 2.05) is 11.6 Å². The average molecular weight is 345 g/mol. The van der Waals surface area contributed by atoms with Crippen molar-refractivity contribution >= 4 is 17.6 Å². The first-order valence-corrected chi connectivity index (χ1v) is 8.21. The van der Waals surface area contributed by atoms with Crippen molar-refractivity contribution < 1.29 is 19.4 Å². The van der Waals surface area contributed by atoms with Gasteiger partial charge in [0.2, 0.25) is 0 Å². The Hall–Kier alpha value is -2.83. The number of aromatic nitrogens is 2. The van der Waals surface area contributed by atoms with Crippen molar-refractivity contribution in [2.75, 3.05) is 11.9 Å². The standard InChI is InChI=1S/C18H23N3O4/c1-4-16-15(9-19-21(16)10-12(2)3)18(24)20-13-5-7-14(8-6-13)25-11-17(22)23/h5-9,12H,4,10-11H2,1-3H3,(H,20,24)(H,22,23). The first kappa shape index (κ1) is 18.5. The molecule has 7 heteroatoms. The van der Waals surface area contributed by atoms with Crippen LogP contribution in [0.4, 0.5) is 5.69 Å². The van der Waals surface area contributed by atoms with Crippen molar-refractivity contribution in [3.8, 4) is 5.75 Å². The van der Waals surface area contributed by atoms with Gasteiger partial charge in [-0.2, -0.15) is 5.10 Å². The van der Waals surface area contributed by atoms with Gasteiger partial charge in [0.25, 0.3) is 5.91 Å². The lowest BCUT2D eigenvalue weighted by molar-refractivity contribution is -0.139. The van der Waals surface area contributed by atoms with E-state index in [-0.39, 0.29) is 5.91 Å². The number of amides is 1. The van der Waals surface area contributed by atoms with Gasteiger partial charge in [0.05, 0.1) is 17.5 Å². The second-order valence-corrected chi connectivity index (χ2v) is 6.10. The predicted octanol–water partition coefficient (Wildman–Crippen LogP) is 2.82. The third-order valence-corrected chi connectivity index (χ3v) is 3.54. The lowest BCUT2D eigenvalue weighted by Crippen LogP contribution is -2.15. The number of carboxylic acids is 1. The summed E-state index contributed by atoms with van der Waals surface area (Å²) in [5.41, 5.74) is 2.08. The normalized spacial score (nSPS) is 10.7. The van der Waals surface area contributed by atoms with Gasteiger partial charge in [-0.1, -0.05) is 20.8 Å². The summed E-state index contributed by atoms with van der Waals surface area (Å²) in [6.45, 7) is 6.58. The summed E-state index contributed by atoms with van der Waals surface area (Å²) < 4.78 is 6.94. The fourth-order valence-corrected chi connectivity index (χ4v) is 2.45. The predicted molar refractivity (Wildman–Crippen MR) is 94.0 cm³/mol. The molecule has 0 aliphatic rings. The summed E-state index contributed by atoms with van der Waals surface area (Å²) in [6.07, 6.45) is 2.32. The molecule has 1 aromatic carbocycles. The molecule has 0 fully saturated rings. The van der Waals surface area contributed by atoms with E-state index in [1.54, 1.807) is 30.5 Å². The van der Waals surface area contributed by atoms with Gasteiger partial charge in [-0.3, -0.25) is 9.48 Å². The van der Waals surface area contributed by atoms with Gasteiger partial charge in [0.1, 0.15) is 5.75 Å². The molecule has 7 nitrogen and oxygen atoms in total. The first-order valence-electron chi connectivity index (χ1n) is 8.21. The number of carbonyl (C=O) groups excluding carboxylic acids is 1. The van der Waals surface area contributed by atoms with Crippen LogP contribution < -0.4 is 10.1 Å². The SMILES string of the molecule is CCc1c(C(=O)Nc2ccc(OCC(=O)O)cc2)cnn1CC(C)C. The Morgan fingerprint density at radius 3 is 2.52 bits per heavy atom. The molecular weight excluding hydrogens is 322 g/mol. The maximum absolute atomic E-state index is 12.5. The number of rotatable bonds is 8. The molecule has 2 aromatic rings. The Kier molecular flexibility index (Phi) is 6.16. The zero-order valence-corrected chi connectivity index (χ0v) is 14.7. The number of ether oxygens (including phenoxy) is 1. The number of carbonyl (C=O) groups is 2. The molecule has 0 aliphatic carbocycles. The quantitative estimate of drug-likeness (QED) is 0.767. The number of hydrogen-bond donors (Lipinski definition) is 2. The number of benzene rings is 1. The zero-order chi connectivity index (χ0) is 18.4. The molecule has 0 radical (unpaired) electrons. The Labute approximate surface area is 146 Å². The van der Waals surface area contributed by atoms with Gasteiger partial charge in [0, 0.05) is 12.2 Å². The lowest BCUT2D eigenvalue weighted by atomic mass is 10.1. The highest BCUT2D eigenvalue weighted by atomic mass is 16.5. The second kappa shape index (κ2) is 8.32. The highest BCUT2D eigenvalue weighted by Gasteiger charge is 2.17. The highest BCUT2D eigenvalue weighted by Crippen LogP contribution is 2.18. The number of anilines is 1. The van der Waals surface area contributed by atoms with Gasteiger partial charge < -0.3 is 15.2 Å². The second-order valence-electron chi connectivity index (χ2n) is 6.10. The fraction of sp³-hybridized carbons (Fsp3) is 0.389. The first-order chi connectivity index (χ1) is 11.9. The topological polar surface area (TPSA) is 93.4 Å². The van der Waals surface area contributed by atoms with Gasteiger partial charge in [-0.15, -0.1) is 0 Å². The molecule has 1 heterocycles. The van der Waals surface area contributed by atoms with Crippen LogP contribution in [0.2, 0.25) is 0 Å². The number of hydrogen-bond acceptors (Lipinski definition) is 4. The maximum atomic E-state index is 12.5. The van der Waals surface area contributed by atoms with E-state index in [4.69, 9.17) is 9.84 Å². The molecule has 1 aromatic heterocycles. The van der Waals surface area contributed by atoms with Crippen LogP contribution >= 0.6 is 0 Å². The molecular formula is C18H23N3O4. The highest BCUT2D eigenvalue weighted by molar-refractivity contribution is 6.04. The van der Waals surface area contributed by atoms with Gasteiger partial charge >= 0.3 is 5.97 Å². The van der Waals surface area contributed by atoms with E-state index < -0.39 is 12.6 Å². The van der Waals surface area contributed by atoms with Crippen LogP contribution in [-0.2, 0) is 17.8 Å². The molecule has 0 saturated carbocycles. The summed E-state index contributed by atoms with van der Waals surface area (Å²) in [7, 11) is 0. The van der Waals surface area contributed by atoms with E-state index in [0.29, 0.717) is 22.9 Å². The number of aliphatic carboxylic acids is 1. The summed E-state index contributed by atoms with van der Waals surface area (Å²) in [5.74, 6) is -0.382. The number of carboxylic acid groups (broad SMARTS) is 1. The van der Waals surface area contributed by atoms with E-state index in [0.717, 1.165) is 18.7 Å². The van der Waals surface area contributed by atoms with Crippen molar-refractivity contribution in [2.24, 2.45) is 5.92 Å². The van der Waals surface area contributed by atoms with Crippen molar-refractivity contribution in [3.05, 3.63) is 41.7 Å². The Balaban J connectivity index is 2.06. The van der Waals surface area contributed by atoms with E-state index in [1.165, 1.54) is 0 Å².